The van der Waals surface area contributed by atoms with E-state index in [1.165, 1.54) is 0 Å². The molecule has 0 aliphatic carbocycles. The van der Waals surface area contributed by atoms with Crippen LogP contribution in [0.5, 0.6) is 0 Å². The molecule has 1 fully saturated rings. The first-order valence-electron chi connectivity index (χ1n) is 6.70. The largest absolute Gasteiger partial charge is 0.469 e. The highest BCUT2D eigenvalue weighted by atomic mass is 16.5. The summed E-state index contributed by atoms with van der Waals surface area (Å²) in [5.74, 6) is 1.06. The lowest BCUT2D eigenvalue weighted by atomic mass is 10.2. The van der Waals surface area contributed by atoms with Crippen LogP contribution in [0.15, 0.2) is 27.3 Å². The minimum atomic E-state index is -0.329. The number of hydrogen-bond donors (Lipinski definition) is 2. The Labute approximate surface area is 115 Å². The van der Waals surface area contributed by atoms with Crippen LogP contribution in [0, 0.1) is 0 Å². The van der Waals surface area contributed by atoms with Crippen molar-refractivity contribution in [1.29, 1.82) is 0 Å². The number of aromatic nitrogens is 2. The highest BCUT2D eigenvalue weighted by Crippen LogP contribution is 2.20. The fourth-order valence-electron chi connectivity index (χ4n) is 2.20. The zero-order chi connectivity index (χ0) is 13.8. The van der Waals surface area contributed by atoms with Crippen molar-refractivity contribution in [3.05, 3.63) is 35.9 Å². The smallest absolute Gasteiger partial charge is 0.292 e. The van der Waals surface area contributed by atoms with Crippen LogP contribution < -0.4 is 10.6 Å². The Balaban J connectivity index is 1.51. The summed E-state index contributed by atoms with van der Waals surface area (Å²) in [6.07, 6.45) is 4.28. The van der Waals surface area contributed by atoms with Crippen molar-refractivity contribution in [3.63, 3.8) is 0 Å². The molecule has 7 nitrogen and oxygen atoms in total. The maximum absolute atomic E-state index is 11.9. The zero-order valence-corrected chi connectivity index (χ0v) is 11.0. The molecule has 1 saturated heterocycles. The van der Waals surface area contributed by atoms with Crippen molar-refractivity contribution < 1.29 is 13.7 Å². The van der Waals surface area contributed by atoms with Crippen LogP contribution in [0.3, 0.4) is 0 Å². The molecular weight excluding hydrogens is 260 g/mol. The standard InChI is InChI=1S/C13H16N4O3/c18-12(15-7-5-9-3-2-8-19-9)11-16-13(20-17-11)10-4-1-6-14-10/h2-3,8,10,14H,1,4-7H2,(H,15,18). The summed E-state index contributed by atoms with van der Waals surface area (Å²) in [6.45, 7) is 1.41. The molecule has 2 aromatic rings. The minimum Gasteiger partial charge on any atom is -0.469 e. The van der Waals surface area contributed by atoms with Gasteiger partial charge in [-0.05, 0) is 31.5 Å². The molecular formula is C13H16N4O3. The SMILES string of the molecule is O=C(NCCc1ccco1)c1noc(C2CCCN2)n1. The molecule has 7 heteroatoms. The normalized spacial score (nSPS) is 18.3. The van der Waals surface area contributed by atoms with Crippen molar-refractivity contribution >= 4 is 5.91 Å². The van der Waals surface area contributed by atoms with Gasteiger partial charge in [0.25, 0.3) is 11.7 Å². The van der Waals surface area contributed by atoms with E-state index in [0.717, 1.165) is 25.1 Å². The number of nitrogens with zero attached hydrogens (tertiary/aromatic N) is 2. The molecule has 1 amide bonds. The van der Waals surface area contributed by atoms with Gasteiger partial charge in [-0.25, -0.2) is 0 Å². The average Bonchev–Trinajstić information content (AvgIpc) is 3.20. The highest BCUT2D eigenvalue weighted by molar-refractivity contribution is 5.90. The molecule has 20 heavy (non-hydrogen) atoms. The van der Waals surface area contributed by atoms with Crippen molar-refractivity contribution in [2.45, 2.75) is 25.3 Å². The van der Waals surface area contributed by atoms with Gasteiger partial charge in [0.05, 0.1) is 12.3 Å². The van der Waals surface area contributed by atoms with Gasteiger partial charge in [0, 0.05) is 13.0 Å². The zero-order valence-electron chi connectivity index (χ0n) is 11.0. The maximum atomic E-state index is 11.9. The van der Waals surface area contributed by atoms with Crippen LogP contribution in [0.4, 0.5) is 0 Å². The van der Waals surface area contributed by atoms with Gasteiger partial charge in [-0.2, -0.15) is 4.98 Å². The third-order valence-corrected chi connectivity index (χ3v) is 3.24. The summed E-state index contributed by atoms with van der Waals surface area (Å²) in [4.78, 5) is 16.0. The first-order chi connectivity index (χ1) is 9.83. The van der Waals surface area contributed by atoms with Gasteiger partial charge >= 0.3 is 0 Å². The summed E-state index contributed by atoms with van der Waals surface area (Å²) >= 11 is 0. The van der Waals surface area contributed by atoms with Crippen LogP contribution >= 0.6 is 0 Å². The Kier molecular flexibility index (Phi) is 3.78. The van der Waals surface area contributed by atoms with Gasteiger partial charge in [0.2, 0.25) is 5.89 Å². The molecule has 0 aromatic carbocycles. The molecule has 2 N–H and O–H groups in total. The van der Waals surface area contributed by atoms with Gasteiger partial charge < -0.3 is 19.6 Å². The van der Waals surface area contributed by atoms with E-state index in [2.05, 4.69) is 20.8 Å². The van der Waals surface area contributed by atoms with Gasteiger partial charge in [-0.15, -0.1) is 0 Å². The Bertz CT molecular complexity index is 558. The fraction of sp³-hybridized carbons (Fsp3) is 0.462. The predicted molar refractivity (Wildman–Crippen MR) is 69.0 cm³/mol. The van der Waals surface area contributed by atoms with E-state index >= 15 is 0 Å². The highest BCUT2D eigenvalue weighted by Gasteiger charge is 2.24. The summed E-state index contributed by atoms with van der Waals surface area (Å²) in [6, 6.07) is 3.76. The third kappa shape index (κ3) is 2.88. The number of carbonyl (C=O) groups is 1. The lowest BCUT2D eigenvalue weighted by Crippen LogP contribution is -2.26. The Morgan fingerprint density at radius 1 is 1.55 bits per heavy atom. The molecule has 1 unspecified atom stereocenters. The number of nitrogens with one attached hydrogen (secondary N) is 2. The Morgan fingerprint density at radius 2 is 2.50 bits per heavy atom. The lowest BCUT2D eigenvalue weighted by Gasteiger charge is -2.01. The van der Waals surface area contributed by atoms with Crippen LogP contribution in [-0.4, -0.2) is 29.1 Å². The van der Waals surface area contributed by atoms with E-state index in [1.54, 1.807) is 6.26 Å². The van der Waals surface area contributed by atoms with Gasteiger partial charge in [0.15, 0.2) is 0 Å². The van der Waals surface area contributed by atoms with Gasteiger partial charge in [-0.1, -0.05) is 5.16 Å². The van der Waals surface area contributed by atoms with Crippen LogP contribution in [0.1, 0.15) is 41.2 Å². The maximum Gasteiger partial charge on any atom is 0.292 e. The van der Waals surface area contributed by atoms with E-state index < -0.39 is 0 Å². The predicted octanol–water partition coefficient (Wildman–Crippen LogP) is 1.06. The Morgan fingerprint density at radius 3 is 3.25 bits per heavy atom. The third-order valence-electron chi connectivity index (χ3n) is 3.24. The second-order valence-corrected chi connectivity index (χ2v) is 4.69. The molecule has 3 heterocycles. The second-order valence-electron chi connectivity index (χ2n) is 4.69. The van der Waals surface area contributed by atoms with E-state index in [9.17, 15) is 4.79 Å². The molecule has 0 bridgehead atoms. The molecule has 1 aliphatic rings. The van der Waals surface area contributed by atoms with Crippen LogP contribution in [0.25, 0.3) is 0 Å². The number of rotatable bonds is 5. The fourth-order valence-corrected chi connectivity index (χ4v) is 2.20. The number of hydrogen-bond acceptors (Lipinski definition) is 6. The number of carbonyl (C=O) groups excluding carboxylic acids is 1. The first kappa shape index (κ1) is 12.9. The van der Waals surface area contributed by atoms with Crippen molar-refractivity contribution in [3.8, 4) is 0 Å². The number of furan rings is 1. The monoisotopic (exact) mass is 276 g/mol. The van der Waals surface area contributed by atoms with Crippen LogP contribution in [0.2, 0.25) is 0 Å². The molecule has 3 rings (SSSR count). The second kappa shape index (κ2) is 5.87. The summed E-state index contributed by atoms with van der Waals surface area (Å²) < 4.78 is 10.3. The quantitative estimate of drug-likeness (QED) is 0.848. The first-order valence-corrected chi connectivity index (χ1v) is 6.70. The molecule has 2 aromatic heterocycles. The van der Waals surface area contributed by atoms with Gasteiger partial charge in [0.1, 0.15) is 5.76 Å². The molecule has 0 saturated carbocycles. The average molecular weight is 276 g/mol. The topological polar surface area (TPSA) is 93.2 Å². The van der Waals surface area contributed by atoms with E-state index in [0.29, 0.717) is 18.9 Å². The van der Waals surface area contributed by atoms with Crippen molar-refractivity contribution in [2.75, 3.05) is 13.1 Å². The van der Waals surface area contributed by atoms with Gasteiger partial charge in [-0.3, -0.25) is 4.79 Å². The van der Waals surface area contributed by atoms with Crippen molar-refractivity contribution in [1.82, 2.24) is 20.8 Å². The van der Waals surface area contributed by atoms with Crippen molar-refractivity contribution in [2.24, 2.45) is 0 Å². The Hall–Kier alpha value is -2.15. The molecule has 106 valence electrons. The molecule has 0 spiro atoms. The lowest BCUT2D eigenvalue weighted by molar-refractivity contribution is 0.0940. The summed E-state index contributed by atoms with van der Waals surface area (Å²) in [7, 11) is 0. The summed E-state index contributed by atoms with van der Waals surface area (Å²) in [5, 5.41) is 9.70. The number of amides is 1. The summed E-state index contributed by atoms with van der Waals surface area (Å²) in [5.41, 5.74) is 0. The molecule has 0 radical (unpaired) electrons. The van der Waals surface area contributed by atoms with E-state index in [1.807, 2.05) is 12.1 Å². The van der Waals surface area contributed by atoms with E-state index in [4.69, 9.17) is 8.94 Å². The van der Waals surface area contributed by atoms with Crippen LogP contribution in [-0.2, 0) is 6.42 Å². The molecule has 1 aliphatic heterocycles. The minimum absolute atomic E-state index is 0.0761. The molecule has 1 atom stereocenters. The van der Waals surface area contributed by atoms with E-state index in [-0.39, 0.29) is 17.8 Å².